The molecule has 0 amide bonds. The Morgan fingerprint density at radius 2 is 1.91 bits per heavy atom. The Morgan fingerprint density at radius 1 is 1.36 bits per heavy atom. The van der Waals surface area contributed by atoms with Gasteiger partial charge in [-0.1, -0.05) is 18.2 Å². The van der Waals surface area contributed by atoms with Gasteiger partial charge < -0.3 is 4.89 Å². The molecule has 1 aromatic rings. The van der Waals surface area contributed by atoms with Crippen molar-refractivity contribution in [3.8, 4) is 0 Å². The maximum absolute atomic E-state index is 10.6. The molecule has 0 aromatic heterocycles. The van der Waals surface area contributed by atoms with Crippen molar-refractivity contribution in [1.82, 2.24) is 0 Å². The van der Waals surface area contributed by atoms with E-state index in [1.165, 1.54) is 0 Å². The van der Waals surface area contributed by atoms with E-state index in [2.05, 4.69) is 0 Å². The minimum Gasteiger partial charge on any atom is -0.343 e. The zero-order valence-corrected chi connectivity index (χ0v) is 10.3. The molecular formula is C7H9O2PZn. The van der Waals surface area contributed by atoms with E-state index in [0.717, 1.165) is 5.56 Å². The quantitative estimate of drug-likeness (QED) is 0.569. The second-order valence-corrected chi connectivity index (χ2v) is 3.27. The average Bonchev–Trinajstić information content (AvgIpc) is 1.88. The van der Waals surface area contributed by atoms with Crippen LogP contribution in [0.2, 0.25) is 0 Å². The van der Waals surface area contributed by atoms with Gasteiger partial charge in [0.15, 0.2) is 0 Å². The standard InChI is InChI=1S/C7H9O2P.Zn/c1-6-4-2-3-5-7(6)10(8)9;/h2-5,10H,1H3,(H,8,9);. The van der Waals surface area contributed by atoms with Crippen LogP contribution >= 0.6 is 8.03 Å². The third-order valence-electron chi connectivity index (χ3n) is 1.38. The molecule has 0 saturated heterocycles. The van der Waals surface area contributed by atoms with Crippen LogP contribution in [0.4, 0.5) is 0 Å². The van der Waals surface area contributed by atoms with Gasteiger partial charge in [0.25, 0.3) is 0 Å². The zero-order chi connectivity index (χ0) is 7.56. The predicted octanol–water partition coefficient (Wildman–Crippen LogP) is 1.08. The van der Waals surface area contributed by atoms with E-state index in [4.69, 9.17) is 4.89 Å². The van der Waals surface area contributed by atoms with E-state index < -0.39 is 8.03 Å². The Labute approximate surface area is 79.3 Å². The van der Waals surface area contributed by atoms with Crippen LogP contribution in [0.15, 0.2) is 24.3 Å². The molecular weight excluding hydrogens is 212 g/mol. The minimum atomic E-state index is -2.49. The van der Waals surface area contributed by atoms with Gasteiger partial charge >= 0.3 is 0 Å². The summed E-state index contributed by atoms with van der Waals surface area (Å²) in [7, 11) is -2.49. The SMILES string of the molecule is Cc1ccccc1[PH](=O)O.[Zn]. The van der Waals surface area contributed by atoms with Crippen LogP contribution in [0.5, 0.6) is 0 Å². The monoisotopic (exact) mass is 220 g/mol. The van der Waals surface area contributed by atoms with Crippen molar-refractivity contribution in [2.45, 2.75) is 6.92 Å². The van der Waals surface area contributed by atoms with Gasteiger partial charge in [-0.2, -0.15) is 0 Å². The van der Waals surface area contributed by atoms with Crippen molar-refractivity contribution in [2.24, 2.45) is 0 Å². The Kier molecular flexibility index (Phi) is 4.83. The van der Waals surface area contributed by atoms with Gasteiger partial charge in [0, 0.05) is 24.8 Å². The van der Waals surface area contributed by atoms with Gasteiger partial charge in [-0.05, 0) is 18.6 Å². The van der Waals surface area contributed by atoms with E-state index in [0.29, 0.717) is 5.30 Å². The summed E-state index contributed by atoms with van der Waals surface area (Å²) in [4.78, 5) is 8.75. The summed E-state index contributed by atoms with van der Waals surface area (Å²) in [6, 6.07) is 7.12. The average molecular weight is 222 g/mol. The van der Waals surface area contributed by atoms with E-state index in [1.807, 2.05) is 19.1 Å². The minimum absolute atomic E-state index is 0. The van der Waals surface area contributed by atoms with Crippen LogP contribution < -0.4 is 5.30 Å². The van der Waals surface area contributed by atoms with Crippen LogP contribution in [-0.2, 0) is 24.0 Å². The van der Waals surface area contributed by atoms with Gasteiger partial charge in [-0.25, -0.2) is 0 Å². The summed E-state index contributed by atoms with van der Waals surface area (Å²) in [6.45, 7) is 1.83. The van der Waals surface area contributed by atoms with Crippen LogP contribution in [0.3, 0.4) is 0 Å². The molecule has 0 aliphatic carbocycles. The largest absolute Gasteiger partial charge is 0.343 e. The molecule has 11 heavy (non-hydrogen) atoms. The van der Waals surface area contributed by atoms with Crippen molar-refractivity contribution in [2.75, 3.05) is 0 Å². The molecule has 0 heterocycles. The van der Waals surface area contributed by atoms with Crippen molar-refractivity contribution in [1.29, 1.82) is 0 Å². The fourth-order valence-electron chi connectivity index (χ4n) is 0.813. The number of aryl methyl sites for hydroxylation is 1. The molecule has 4 heteroatoms. The first-order valence-corrected chi connectivity index (χ1v) is 4.36. The molecule has 0 aliphatic heterocycles. The fourth-order valence-corrected chi connectivity index (χ4v) is 1.47. The summed E-state index contributed by atoms with van der Waals surface area (Å²) in [5.41, 5.74) is 0.883. The molecule has 1 N–H and O–H groups in total. The number of hydrogen-bond donors (Lipinski definition) is 1. The van der Waals surface area contributed by atoms with Crippen LogP contribution in [0, 0.1) is 6.92 Å². The van der Waals surface area contributed by atoms with E-state index in [9.17, 15) is 4.57 Å². The maximum atomic E-state index is 10.6. The Morgan fingerprint density at radius 3 is 2.27 bits per heavy atom. The topological polar surface area (TPSA) is 37.3 Å². The van der Waals surface area contributed by atoms with Crippen LogP contribution in [0.1, 0.15) is 5.56 Å². The van der Waals surface area contributed by atoms with E-state index >= 15 is 0 Å². The zero-order valence-electron chi connectivity index (χ0n) is 6.37. The summed E-state index contributed by atoms with van der Waals surface area (Å²) >= 11 is 0. The van der Waals surface area contributed by atoms with E-state index in [1.54, 1.807) is 12.1 Å². The molecule has 1 rings (SSSR count). The normalized spacial score (nSPS) is 11.8. The summed E-state index contributed by atoms with van der Waals surface area (Å²) < 4.78 is 10.6. The first-order valence-electron chi connectivity index (χ1n) is 3.01. The first-order chi connectivity index (χ1) is 4.72. The molecule has 0 radical (unpaired) electrons. The maximum Gasteiger partial charge on any atom is 0.218 e. The second-order valence-electron chi connectivity index (χ2n) is 2.12. The summed E-state index contributed by atoms with van der Waals surface area (Å²) in [6.07, 6.45) is 0. The van der Waals surface area contributed by atoms with Gasteiger partial charge in [0.05, 0.1) is 0 Å². The summed E-state index contributed by atoms with van der Waals surface area (Å²) in [5, 5.41) is 0.563. The van der Waals surface area contributed by atoms with Gasteiger partial charge in [-0.15, -0.1) is 0 Å². The van der Waals surface area contributed by atoms with Gasteiger partial charge in [-0.3, -0.25) is 4.57 Å². The van der Waals surface area contributed by atoms with Crippen LogP contribution in [-0.4, -0.2) is 4.89 Å². The first kappa shape index (κ1) is 11.0. The predicted molar refractivity (Wildman–Crippen MR) is 42.0 cm³/mol. The Balaban J connectivity index is 0.000001000. The smallest absolute Gasteiger partial charge is 0.218 e. The molecule has 1 aromatic carbocycles. The molecule has 0 fully saturated rings. The molecule has 0 spiro atoms. The number of benzene rings is 1. The molecule has 0 bridgehead atoms. The Bertz CT molecular complexity index is 262. The van der Waals surface area contributed by atoms with Gasteiger partial charge in [0.2, 0.25) is 8.03 Å². The molecule has 2 nitrogen and oxygen atoms in total. The third-order valence-corrected chi connectivity index (χ3v) is 2.40. The van der Waals surface area contributed by atoms with Crippen LogP contribution in [0.25, 0.3) is 0 Å². The molecule has 1 unspecified atom stereocenters. The number of hydrogen-bond acceptors (Lipinski definition) is 1. The second kappa shape index (κ2) is 4.82. The molecule has 1 atom stereocenters. The molecule has 0 saturated carbocycles. The van der Waals surface area contributed by atoms with Crippen molar-refractivity contribution in [3.05, 3.63) is 29.8 Å². The summed E-state index contributed by atoms with van der Waals surface area (Å²) in [5.74, 6) is 0. The fraction of sp³-hybridized carbons (Fsp3) is 0.143. The van der Waals surface area contributed by atoms with Crippen molar-refractivity contribution < 1.29 is 28.9 Å². The molecule has 56 valence electrons. The Hall–Kier alpha value is 0.0334. The third kappa shape index (κ3) is 2.87. The van der Waals surface area contributed by atoms with Gasteiger partial charge in [0.1, 0.15) is 0 Å². The van der Waals surface area contributed by atoms with E-state index in [-0.39, 0.29) is 19.5 Å². The van der Waals surface area contributed by atoms with Crippen molar-refractivity contribution in [3.63, 3.8) is 0 Å². The molecule has 0 aliphatic rings. The number of rotatable bonds is 1. The van der Waals surface area contributed by atoms with Crippen molar-refractivity contribution >= 4 is 13.3 Å².